The molecule has 0 fully saturated rings. The molecule has 0 bridgehead atoms. The van der Waals surface area contributed by atoms with E-state index in [9.17, 15) is 15.2 Å². The number of aromatic nitrogens is 2. The molecule has 0 amide bonds. The van der Waals surface area contributed by atoms with E-state index in [1.54, 1.807) is 11.6 Å². The van der Waals surface area contributed by atoms with Crippen LogP contribution < -0.4 is 0 Å². The molecule has 6 nitrogen and oxygen atoms in total. The van der Waals surface area contributed by atoms with Crippen LogP contribution in [0.1, 0.15) is 11.7 Å². The quantitative estimate of drug-likeness (QED) is 0.515. The van der Waals surface area contributed by atoms with Crippen LogP contribution in [0.2, 0.25) is 0 Å². The highest BCUT2D eigenvalue weighted by molar-refractivity contribution is 7.99. The van der Waals surface area contributed by atoms with Crippen LogP contribution in [0.3, 0.4) is 0 Å². The van der Waals surface area contributed by atoms with Crippen molar-refractivity contribution in [3.05, 3.63) is 52.3 Å². The van der Waals surface area contributed by atoms with E-state index in [1.165, 1.54) is 18.1 Å². The molecule has 1 aromatic carbocycles. The summed E-state index contributed by atoms with van der Waals surface area (Å²) in [6.07, 6.45) is 0.732. The molecule has 1 heterocycles. The normalized spacial score (nSPS) is 12.3. The monoisotopic (exact) mass is 279 g/mol. The highest BCUT2D eigenvalue weighted by Gasteiger charge is 2.21. The number of nitro groups is 1. The van der Waals surface area contributed by atoms with Gasteiger partial charge in [-0.1, -0.05) is 42.1 Å². The lowest BCUT2D eigenvalue weighted by Gasteiger charge is -2.10. The average Bonchev–Trinajstić information content (AvgIpc) is 2.78. The Morgan fingerprint density at radius 1 is 1.47 bits per heavy atom. The molecule has 100 valence electrons. The Bertz CT molecular complexity index is 571. The lowest BCUT2D eigenvalue weighted by molar-refractivity contribution is -0.392. The van der Waals surface area contributed by atoms with E-state index >= 15 is 0 Å². The van der Waals surface area contributed by atoms with Gasteiger partial charge >= 0.3 is 5.82 Å². The zero-order valence-corrected chi connectivity index (χ0v) is 11.1. The van der Waals surface area contributed by atoms with E-state index in [-0.39, 0.29) is 5.82 Å². The van der Waals surface area contributed by atoms with Crippen molar-refractivity contribution in [1.82, 2.24) is 9.55 Å². The maximum atomic E-state index is 10.8. The van der Waals surface area contributed by atoms with Gasteiger partial charge < -0.3 is 19.8 Å². The van der Waals surface area contributed by atoms with Gasteiger partial charge in [-0.2, -0.15) is 0 Å². The van der Waals surface area contributed by atoms with Crippen LogP contribution in [-0.4, -0.2) is 25.3 Å². The van der Waals surface area contributed by atoms with E-state index in [4.69, 9.17) is 0 Å². The molecule has 19 heavy (non-hydrogen) atoms. The van der Waals surface area contributed by atoms with Gasteiger partial charge in [-0.3, -0.25) is 0 Å². The van der Waals surface area contributed by atoms with Crippen molar-refractivity contribution in [3.63, 3.8) is 0 Å². The SMILES string of the molecule is Cn1cnc([N+](=O)[O-])c1SCC(O)c1ccccc1. The number of aliphatic hydroxyl groups is 1. The zero-order valence-electron chi connectivity index (χ0n) is 10.3. The van der Waals surface area contributed by atoms with E-state index < -0.39 is 11.0 Å². The Morgan fingerprint density at radius 3 is 2.79 bits per heavy atom. The van der Waals surface area contributed by atoms with Gasteiger partial charge in [0.25, 0.3) is 0 Å². The molecule has 1 aromatic heterocycles. The van der Waals surface area contributed by atoms with Crippen LogP contribution >= 0.6 is 11.8 Å². The minimum absolute atomic E-state index is 0.173. The molecule has 1 unspecified atom stereocenters. The second-order valence-corrected chi connectivity index (χ2v) is 4.99. The molecule has 0 aliphatic heterocycles. The first kappa shape index (κ1) is 13.6. The molecule has 2 rings (SSSR count). The van der Waals surface area contributed by atoms with Gasteiger partial charge in [-0.15, -0.1) is 0 Å². The van der Waals surface area contributed by atoms with Crippen molar-refractivity contribution in [2.24, 2.45) is 7.05 Å². The summed E-state index contributed by atoms with van der Waals surface area (Å²) >= 11 is 1.22. The van der Waals surface area contributed by atoms with Crippen molar-refractivity contribution in [2.45, 2.75) is 11.1 Å². The minimum Gasteiger partial charge on any atom is -0.388 e. The van der Waals surface area contributed by atoms with Crippen molar-refractivity contribution in [1.29, 1.82) is 0 Å². The molecule has 0 saturated carbocycles. The van der Waals surface area contributed by atoms with E-state index in [0.717, 1.165) is 5.56 Å². The molecule has 0 radical (unpaired) electrons. The Morgan fingerprint density at radius 2 is 2.16 bits per heavy atom. The Kier molecular flexibility index (Phi) is 4.18. The number of aliphatic hydroxyl groups excluding tert-OH is 1. The van der Waals surface area contributed by atoms with Gasteiger partial charge in [0.05, 0.1) is 6.10 Å². The number of benzene rings is 1. The fourth-order valence-corrected chi connectivity index (χ4v) is 2.64. The van der Waals surface area contributed by atoms with Crippen LogP contribution in [-0.2, 0) is 7.05 Å². The van der Waals surface area contributed by atoms with Gasteiger partial charge in [0.1, 0.15) is 0 Å². The summed E-state index contributed by atoms with van der Waals surface area (Å²) in [5.74, 6) is 0.164. The molecule has 0 aliphatic carbocycles. The molecular formula is C12H13N3O3S. The summed E-state index contributed by atoms with van der Waals surface area (Å²) in [7, 11) is 1.69. The highest BCUT2D eigenvalue weighted by Crippen LogP contribution is 2.30. The fraction of sp³-hybridized carbons (Fsp3) is 0.250. The van der Waals surface area contributed by atoms with Crippen LogP contribution in [0.4, 0.5) is 5.82 Å². The number of aryl methyl sites for hydroxylation is 1. The van der Waals surface area contributed by atoms with E-state index in [0.29, 0.717) is 10.8 Å². The van der Waals surface area contributed by atoms with Crippen molar-refractivity contribution >= 4 is 17.6 Å². The van der Waals surface area contributed by atoms with Gasteiger partial charge in [0, 0.05) is 12.8 Å². The third-order valence-corrected chi connectivity index (χ3v) is 3.83. The number of hydrogen-bond acceptors (Lipinski definition) is 5. The zero-order chi connectivity index (χ0) is 13.8. The number of hydrogen-bond donors (Lipinski definition) is 1. The summed E-state index contributed by atoms with van der Waals surface area (Å²) in [6.45, 7) is 0. The Hall–Kier alpha value is -1.86. The maximum Gasteiger partial charge on any atom is 0.395 e. The number of rotatable bonds is 5. The van der Waals surface area contributed by atoms with Crippen LogP contribution in [0, 0.1) is 10.1 Å². The predicted octanol–water partition coefficient (Wildman–Crippen LogP) is 2.15. The number of imidazole rings is 1. The van der Waals surface area contributed by atoms with Crippen LogP contribution in [0.15, 0.2) is 41.7 Å². The maximum absolute atomic E-state index is 10.8. The smallest absolute Gasteiger partial charge is 0.388 e. The first-order valence-corrected chi connectivity index (χ1v) is 6.59. The topological polar surface area (TPSA) is 81.2 Å². The summed E-state index contributed by atoms with van der Waals surface area (Å²) in [5.41, 5.74) is 0.792. The third-order valence-electron chi connectivity index (χ3n) is 2.60. The second-order valence-electron chi connectivity index (χ2n) is 3.98. The van der Waals surface area contributed by atoms with E-state index in [1.807, 2.05) is 30.3 Å². The summed E-state index contributed by atoms with van der Waals surface area (Å²) in [6, 6.07) is 9.20. The second kappa shape index (κ2) is 5.85. The lowest BCUT2D eigenvalue weighted by Crippen LogP contribution is -2.02. The van der Waals surface area contributed by atoms with E-state index in [2.05, 4.69) is 4.98 Å². The summed E-state index contributed by atoms with van der Waals surface area (Å²) in [5, 5.41) is 21.3. The molecule has 0 spiro atoms. The first-order valence-electron chi connectivity index (χ1n) is 5.61. The Balaban J connectivity index is 2.07. The molecule has 1 N–H and O–H groups in total. The van der Waals surface area contributed by atoms with Crippen molar-refractivity contribution < 1.29 is 10.0 Å². The van der Waals surface area contributed by atoms with Crippen LogP contribution in [0.5, 0.6) is 0 Å². The van der Waals surface area contributed by atoms with Gasteiger partial charge in [0.15, 0.2) is 5.03 Å². The fourth-order valence-electron chi connectivity index (χ4n) is 1.63. The standard InChI is InChI=1S/C12H13N3O3S/c1-14-8-13-11(15(17)18)12(14)19-7-10(16)9-5-3-2-4-6-9/h2-6,8,10,16H,7H2,1H3. The highest BCUT2D eigenvalue weighted by atomic mass is 32.2. The minimum atomic E-state index is -0.666. The third kappa shape index (κ3) is 3.12. The van der Waals surface area contributed by atoms with Crippen LogP contribution in [0.25, 0.3) is 0 Å². The average molecular weight is 279 g/mol. The predicted molar refractivity (Wildman–Crippen MR) is 72.0 cm³/mol. The molecule has 2 aromatic rings. The number of nitrogens with zero attached hydrogens (tertiary/aromatic N) is 3. The molecule has 0 saturated heterocycles. The first-order chi connectivity index (χ1) is 9.09. The van der Waals surface area contributed by atoms with Crippen molar-refractivity contribution in [2.75, 3.05) is 5.75 Å². The molecule has 7 heteroatoms. The number of thioether (sulfide) groups is 1. The largest absolute Gasteiger partial charge is 0.395 e. The van der Waals surface area contributed by atoms with Gasteiger partial charge in [-0.25, -0.2) is 0 Å². The summed E-state index contributed by atoms with van der Waals surface area (Å²) < 4.78 is 1.58. The Labute approximate surface area is 114 Å². The molecule has 0 aliphatic rings. The van der Waals surface area contributed by atoms with Gasteiger partial charge in [0.2, 0.25) is 6.33 Å². The molecule has 1 atom stereocenters. The summed E-state index contributed by atoms with van der Waals surface area (Å²) in [4.78, 5) is 14.0. The lowest BCUT2D eigenvalue weighted by atomic mass is 10.1. The molecular weight excluding hydrogens is 266 g/mol. The van der Waals surface area contributed by atoms with Gasteiger partial charge in [-0.05, 0) is 15.5 Å². The van der Waals surface area contributed by atoms with Crippen molar-refractivity contribution in [3.8, 4) is 0 Å².